The van der Waals surface area contributed by atoms with Gasteiger partial charge in [-0.2, -0.15) is 0 Å². The summed E-state index contributed by atoms with van der Waals surface area (Å²) in [5.74, 6) is 0.425. The molecule has 0 saturated heterocycles. The van der Waals surface area contributed by atoms with Crippen LogP contribution in [0.15, 0.2) is 28.9 Å². The highest BCUT2D eigenvalue weighted by Gasteiger charge is 2.12. The van der Waals surface area contributed by atoms with Crippen LogP contribution >= 0.6 is 50.7 Å². The summed E-state index contributed by atoms with van der Waals surface area (Å²) >= 11 is 11.2. The Hall–Kier alpha value is -0.140. The van der Waals surface area contributed by atoms with Gasteiger partial charge < -0.3 is 4.98 Å². The molecule has 0 aliphatic carbocycles. The van der Waals surface area contributed by atoms with E-state index in [1.165, 1.54) is 9.26 Å². The third-order valence-corrected chi connectivity index (χ3v) is 4.15. The largest absolute Gasteiger partial charge is 0.337 e. The molecular weight excluding hydrogens is 411 g/mol. The van der Waals surface area contributed by atoms with E-state index in [-0.39, 0.29) is 0 Å². The van der Waals surface area contributed by atoms with Crippen molar-refractivity contribution in [1.82, 2.24) is 9.55 Å². The summed E-state index contributed by atoms with van der Waals surface area (Å²) in [5.41, 5.74) is 2.28. The van der Waals surface area contributed by atoms with Crippen molar-refractivity contribution in [2.75, 3.05) is 0 Å². The second-order valence-electron chi connectivity index (χ2n) is 4.10. The fourth-order valence-electron chi connectivity index (χ4n) is 1.72. The van der Waals surface area contributed by atoms with E-state index in [1.54, 1.807) is 0 Å². The van der Waals surface area contributed by atoms with Crippen molar-refractivity contribution in [2.45, 2.75) is 19.8 Å². The minimum absolute atomic E-state index is 0.425. The number of H-pyrrole nitrogens is 1. The van der Waals surface area contributed by atoms with Crippen LogP contribution in [0.2, 0.25) is 0 Å². The summed E-state index contributed by atoms with van der Waals surface area (Å²) in [6.45, 7) is 4.32. The number of nitrogens with one attached hydrogen (secondary N) is 1. The van der Waals surface area contributed by atoms with Crippen LogP contribution in [0.25, 0.3) is 5.69 Å². The predicted molar refractivity (Wildman–Crippen MR) is 85.5 cm³/mol. The first kappa shape index (κ1) is 13.3. The average Bonchev–Trinajstić information content (AvgIpc) is 2.60. The van der Waals surface area contributed by atoms with Crippen molar-refractivity contribution in [3.8, 4) is 5.69 Å². The number of benzene rings is 1. The van der Waals surface area contributed by atoms with Crippen LogP contribution < -0.4 is 0 Å². The Balaban J connectivity index is 2.68. The van der Waals surface area contributed by atoms with E-state index >= 15 is 0 Å². The molecule has 1 aromatic carbocycles. The first-order valence-corrected chi connectivity index (χ1v) is 7.54. The molecule has 5 heteroatoms. The van der Waals surface area contributed by atoms with Gasteiger partial charge >= 0.3 is 0 Å². The Bertz CT molecular complexity index is 601. The number of hydrogen-bond donors (Lipinski definition) is 1. The molecular formula is C12H12BrIN2S. The summed E-state index contributed by atoms with van der Waals surface area (Å²) in [4.78, 5) is 3.11. The number of hydrogen-bond acceptors (Lipinski definition) is 1. The molecule has 1 aromatic heterocycles. The fourth-order valence-corrected chi connectivity index (χ4v) is 3.46. The molecule has 0 bridgehead atoms. The van der Waals surface area contributed by atoms with Gasteiger partial charge in [0, 0.05) is 19.9 Å². The SMILES string of the molecule is CC(C)c1c[nH]c(=S)n1-c1ccc(I)cc1Br. The van der Waals surface area contributed by atoms with Crippen molar-refractivity contribution < 1.29 is 0 Å². The van der Waals surface area contributed by atoms with Gasteiger partial charge in [0.1, 0.15) is 0 Å². The highest BCUT2D eigenvalue weighted by molar-refractivity contribution is 14.1. The van der Waals surface area contributed by atoms with Gasteiger partial charge in [0.25, 0.3) is 0 Å². The Morgan fingerprint density at radius 3 is 2.71 bits per heavy atom. The van der Waals surface area contributed by atoms with E-state index in [9.17, 15) is 0 Å². The lowest BCUT2D eigenvalue weighted by Gasteiger charge is -2.12. The van der Waals surface area contributed by atoms with Crippen molar-refractivity contribution >= 4 is 50.7 Å². The van der Waals surface area contributed by atoms with E-state index in [0.29, 0.717) is 5.92 Å². The summed E-state index contributed by atoms with van der Waals surface area (Å²) in [5, 5.41) is 0. The highest BCUT2D eigenvalue weighted by Crippen LogP contribution is 2.27. The summed E-state index contributed by atoms with van der Waals surface area (Å²) in [7, 11) is 0. The van der Waals surface area contributed by atoms with Gasteiger partial charge in [0.15, 0.2) is 4.77 Å². The second-order valence-corrected chi connectivity index (χ2v) is 6.59. The Kier molecular flexibility index (Phi) is 4.10. The molecule has 2 rings (SSSR count). The van der Waals surface area contributed by atoms with Crippen molar-refractivity contribution in [3.63, 3.8) is 0 Å². The molecule has 2 aromatic rings. The van der Waals surface area contributed by atoms with Crippen LogP contribution in [0.1, 0.15) is 25.5 Å². The van der Waals surface area contributed by atoms with Crippen molar-refractivity contribution in [3.05, 3.63) is 42.9 Å². The highest BCUT2D eigenvalue weighted by atomic mass is 127. The van der Waals surface area contributed by atoms with E-state index in [0.717, 1.165) is 14.9 Å². The maximum absolute atomic E-state index is 5.35. The normalized spacial score (nSPS) is 11.1. The summed E-state index contributed by atoms with van der Waals surface area (Å²) in [6.07, 6.45) is 1.98. The maximum Gasteiger partial charge on any atom is 0.182 e. The third-order valence-electron chi connectivity index (χ3n) is 2.55. The standard InChI is InChI=1S/C12H12BrIN2S/c1-7(2)11-6-15-12(17)16(11)10-4-3-8(14)5-9(10)13/h3-7H,1-2H3,(H,15,17). The van der Waals surface area contributed by atoms with E-state index in [1.807, 2.05) is 6.20 Å². The molecule has 0 saturated carbocycles. The van der Waals surface area contributed by atoms with Gasteiger partial charge in [-0.15, -0.1) is 0 Å². The zero-order valence-electron chi connectivity index (χ0n) is 9.50. The molecule has 1 N–H and O–H groups in total. The molecule has 0 fully saturated rings. The number of aromatic nitrogens is 2. The fraction of sp³-hybridized carbons (Fsp3) is 0.250. The number of imidazole rings is 1. The molecule has 0 unspecified atom stereocenters. The van der Waals surface area contributed by atoms with Crippen LogP contribution in [0.5, 0.6) is 0 Å². The molecule has 0 radical (unpaired) electrons. The molecule has 0 spiro atoms. The lowest BCUT2D eigenvalue weighted by Crippen LogP contribution is -2.02. The summed E-state index contributed by atoms with van der Waals surface area (Å²) in [6, 6.07) is 6.26. The minimum Gasteiger partial charge on any atom is -0.337 e. The second kappa shape index (κ2) is 5.24. The first-order chi connectivity index (χ1) is 8.00. The number of rotatable bonds is 2. The zero-order valence-corrected chi connectivity index (χ0v) is 14.1. The van der Waals surface area contributed by atoms with Crippen LogP contribution in [0.3, 0.4) is 0 Å². The Morgan fingerprint density at radius 1 is 1.41 bits per heavy atom. The first-order valence-electron chi connectivity index (χ1n) is 5.26. The number of halogens is 2. The zero-order chi connectivity index (χ0) is 12.6. The van der Waals surface area contributed by atoms with Gasteiger partial charge in [-0.05, 0) is 74.9 Å². The quantitative estimate of drug-likeness (QED) is 0.532. The lowest BCUT2D eigenvalue weighted by atomic mass is 10.1. The topological polar surface area (TPSA) is 20.7 Å². The molecule has 0 aliphatic heterocycles. The number of aromatic amines is 1. The molecule has 0 amide bonds. The van der Waals surface area contributed by atoms with Gasteiger partial charge in [-0.3, -0.25) is 4.57 Å². The van der Waals surface area contributed by atoms with Gasteiger partial charge in [0.2, 0.25) is 0 Å². The van der Waals surface area contributed by atoms with Gasteiger partial charge in [-0.25, -0.2) is 0 Å². The van der Waals surface area contributed by atoms with Gasteiger partial charge in [0.05, 0.1) is 5.69 Å². The van der Waals surface area contributed by atoms with Gasteiger partial charge in [-0.1, -0.05) is 13.8 Å². The van der Waals surface area contributed by atoms with Crippen molar-refractivity contribution in [1.29, 1.82) is 0 Å². The van der Waals surface area contributed by atoms with E-state index < -0.39 is 0 Å². The molecule has 0 atom stereocenters. The maximum atomic E-state index is 5.35. The minimum atomic E-state index is 0.425. The smallest absolute Gasteiger partial charge is 0.182 e. The van der Waals surface area contributed by atoms with E-state index in [2.05, 4.69) is 80.1 Å². The van der Waals surface area contributed by atoms with Crippen LogP contribution in [-0.2, 0) is 0 Å². The molecule has 90 valence electrons. The molecule has 2 nitrogen and oxygen atoms in total. The lowest BCUT2D eigenvalue weighted by molar-refractivity contribution is 0.782. The molecule has 0 aliphatic rings. The molecule has 17 heavy (non-hydrogen) atoms. The predicted octanol–water partition coefficient (Wildman–Crippen LogP) is 5.03. The van der Waals surface area contributed by atoms with Crippen LogP contribution in [0.4, 0.5) is 0 Å². The third kappa shape index (κ3) is 2.66. The summed E-state index contributed by atoms with van der Waals surface area (Å²) < 4.78 is 5.07. The number of nitrogens with zero attached hydrogens (tertiary/aromatic N) is 1. The molecule has 1 heterocycles. The van der Waals surface area contributed by atoms with Crippen molar-refractivity contribution in [2.24, 2.45) is 0 Å². The van der Waals surface area contributed by atoms with Crippen LogP contribution in [-0.4, -0.2) is 9.55 Å². The van der Waals surface area contributed by atoms with Crippen LogP contribution in [0, 0.1) is 8.34 Å². The average molecular weight is 423 g/mol. The Labute approximate surface area is 128 Å². The van der Waals surface area contributed by atoms with E-state index in [4.69, 9.17) is 12.2 Å². The monoisotopic (exact) mass is 422 g/mol. The Morgan fingerprint density at radius 2 is 2.12 bits per heavy atom.